The Morgan fingerprint density at radius 3 is 3.08 bits per heavy atom. The number of nitrogens with zero attached hydrogens (tertiary/aromatic N) is 3. The average molecular weight is 184 g/mol. The molecule has 0 aliphatic heterocycles. The van der Waals surface area contributed by atoms with Crippen LogP contribution in [-0.4, -0.2) is 19.7 Å². The smallest absolute Gasteiger partial charge is 0.215 e. The standard InChI is InChI=1S/C7H6ClN3O/c1-4-3-9-11-5(8)2-6(12)10-7(4)11/h2-3H,1H3,(H,10,12). The summed E-state index contributed by atoms with van der Waals surface area (Å²) in [5.74, 6) is -0.0869. The molecule has 0 aliphatic rings. The second-order valence-corrected chi connectivity index (χ2v) is 2.89. The SMILES string of the molecule is Cc1cnn2c(Cl)cc(O)nc12. The van der Waals surface area contributed by atoms with Gasteiger partial charge >= 0.3 is 0 Å². The van der Waals surface area contributed by atoms with E-state index in [-0.39, 0.29) is 5.88 Å². The van der Waals surface area contributed by atoms with E-state index in [0.717, 1.165) is 5.56 Å². The minimum Gasteiger partial charge on any atom is -0.493 e. The monoisotopic (exact) mass is 183 g/mol. The predicted molar refractivity (Wildman–Crippen MR) is 44.4 cm³/mol. The average Bonchev–Trinajstić information content (AvgIpc) is 2.33. The zero-order chi connectivity index (χ0) is 8.72. The molecular formula is C7H6ClN3O. The fraction of sp³-hybridized carbons (Fsp3) is 0.143. The van der Waals surface area contributed by atoms with Gasteiger partial charge in [0.2, 0.25) is 5.88 Å². The molecule has 12 heavy (non-hydrogen) atoms. The zero-order valence-corrected chi connectivity index (χ0v) is 7.08. The van der Waals surface area contributed by atoms with Crippen LogP contribution in [0.3, 0.4) is 0 Å². The van der Waals surface area contributed by atoms with Crippen molar-refractivity contribution in [1.29, 1.82) is 0 Å². The van der Waals surface area contributed by atoms with Crippen LogP contribution in [0, 0.1) is 6.92 Å². The van der Waals surface area contributed by atoms with Gasteiger partial charge in [-0.15, -0.1) is 0 Å². The Morgan fingerprint density at radius 2 is 2.33 bits per heavy atom. The van der Waals surface area contributed by atoms with Gasteiger partial charge in [0, 0.05) is 11.6 Å². The summed E-state index contributed by atoms with van der Waals surface area (Å²) in [6.45, 7) is 1.85. The number of aromatic nitrogens is 3. The lowest BCUT2D eigenvalue weighted by molar-refractivity contribution is 0.453. The molecule has 0 saturated carbocycles. The zero-order valence-electron chi connectivity index (χ0n) is 6.32. The Kier molecular flexibility index (Phi) is 1.44. The molecule has 2 heterocycles. The summed E-state index contributed by atoms with van der Waals surface area (Å²) < 4.78 is 1.47. The first kappa shape index (κ1) is 7.36. The van der Waals surface area contributed by atoms with Gasteiger partial charge in [0.15, 0.2) is 5.65 Å². The van der Waals surface area contributed by atoms with Crippen LogP contribution < -0.4 is 0 Å². The Balaban J connectivity index is 2.92. The van der Waals surface area contributed by atoms with E-state index in [9.17, 15) is 0 Å². The van der Waals surface area contributed by atoms with Gasteiger partial charge in [-0.25, -0.2) is 4.52 Å². The molecule has 0 radical (unpaired) electrons. The fourth-order valence-electron chi connectivity index (χ4n) is 1.02. The third-order valence-corrected chi connectivity index (χ3v) is 1.86. The molecule has 2 aromatic rings. The molecule has 0 saturated heterocycles. The molecule has 0 aromatic carbocycles. The molecule has 0 bridgehead atoms. The molecule has 1 N–H and O–H groups in total. The number of hydrogen-bond donors (Lipinski definition) is 1. The lowest BCUT2D eigenvalue weighted by Gasteiger charge is -1.97. The fourth-order valence-corrected chi connectivity index (χ4v) is 1.25. The molecule has 4 nitrogen and oxygen atoms in total. The van der Waals surface area contributed by atoms with Gasteiger partial charge in [-0.3, -0.25) is 0 Å². The van der Waals surface area contributed by atoms with Crippen molar-refractivity contribution in [3.05, 3.63) is 23.0 Å². The predicted octanol–water partition coefficient (Wildman–Crippen LogP) is 1.40. The largest absolute Gasteiger partial charge is 0.493 e. The van der Waals surface area contributed by atoms with Gasteiger partial charge in [0.05, 0.1) is 6.20 Å². The molecule has 0 amide bonds. The summed E-state index contributed by atoms with van der Waals surface area (Å²) in [7, 11) is 0. The maximum Gasteiger partial charge on any atom is 0.215 e. The Morgan fingerprint density at radius 1 is 1.58 bits per heavy atom. The highest BCUT2D eigenvalue weighted by molar-refractivity contribution is 6.29. The highest BCUT2D eigenvalue weighted by atomic mass is 35.5. The second kappa shape index (κ2) is 2.35. The summed E-state index contributed by atoms with van der Waals surface area (Å²) in [6.07, 6.45) is 1.65. The van der Waals surface area contributed by atoms with Gasteiger partial charge in [-0.2, -0.15) is 10.1 Å². The van der Waals surface area contributed by atoms with Crippen molar-refractivity contribution in [2.24, 2.45) is 0 Å². The summed E-state index contributed by atoms with van der Waals surface area (Å²) in [4.78, 5) is 3.87. The Bertz CT molecular complexity index is 437. The topological polar surface area (TPSA) is 50.4 Å². The summed E-state index contributed by atoms with van der Waals surface area (Å²) in [6, 6.07) is 1.35. The lowest BCUT2D eigenvalue weighted by atomic mass is 10.4. The van der Waals surface area contributed by atoms with Gasteiger partial charge in [0.1, 0.15) is 5.15 Å². The molecule has 62 valence electrons. The van der Waals surface area contributed by atoms with Crippen molar-refractivity contribution in [3.63, 3.8) is 0 Å². The highest BCUT2D eigenvalue weighted by Crippen LogP contribution is 2.18. The Labute approximate surface area is 73.4 Å². The number of fused-ring (bicyclic) bond motifs is 1. The first-order valence-electron chi connectivity index (χ1n) is 3.38. The first-order valence-corrected chi connectivity index (χ1v) is 3.76. The van der Waals surface area contributed by atoms with Crippen LogP contribution in [0.4, 0.5) is 0 Å². The van der Waals surface area contributed by atoms with Gasteiger partial charge in [-0.1, -0.05) is 11.6 Å². The van der Waals surface area contributed by atoms with Crippen LogP contribution in [0.2, 0.25) is 5.15 Å². The van der Waals surface area contributed by atoms with Crippen molar-refractivity contribution >= 4 is 17.2 Å². The van der Waals surface area contributed by atoms with Crippen LogP contribution >= 0.6 is 11.6 Å². The molecule has 0 fully saturated rings. The molecule has 5 heteroatoms. The van der Waals surface area contributed by atoms with E-state index in [2.05, 4.69) is 10.1 Å². The number of rotatable bonds is 0. The quantitative estimate of drug-likeness (QED) is 0.628. The molecular weight excluding hydrogens is 178 g/mol. The van der Waals surface area contributed by atoms with Gasteiger partial charge in [-0.05, 0) is 6.92 Å². The lowest BCUT2D eigenvalue weighted by Crippen LogP contribution is -1.91. The minimum absolute atomic E-state index is 0.0869. The van der Waals surface area contributed by atoms with Crippen molar-refractivity contribution in [1.82, 2.24) is 14.6 Å². The van der Waals surface area contributed by atoms with Crippen LogP contribution in [0.25, 0.3) is 5.65 Å². The van der Waals surface area contributed by atoms with Crippen LogP contribution in [0.15, 0.2) is 12.3 Å². The maximum atomic E-state index is 9.12. The highest BCUT2D eigenvalue weighted by Gasteiger charge is 2.05. The third kappa shape index (κ3) is 0.921. The van der Waals surface area contributed by atoms with Crippen molar-refractivity contribution < 1.29 is 5.11 Å². The summed E-state index contributed by atoms with van der Waals surface area (Å²) in [5, 5.41) is 13.4. The number of hydrogen-bond acceptors (Lipinski definition) is 3. The van der Waals surface area contributed by atoms with E-state index in [0.29, 0.717) is 10.8 Å². The molecule has 0 atom stereocenters. The van der Waals surface area contributed by atoms with Crippen molar-refractivity contribution in [3.8, 4) is 5.88 Å². The van der Waals surface area contributed by atoms with E-state index in [1.807, 2.05) is 6.92 Å². The van der Waals surface area contributed by atoms with Crippen LogP contribution in [0.1, 0.15) is 5.56 Å². The van der Waals surface area contributed by atoms with Crippen LogP contribution in [-0.2, 0) is 0 Å². The summed E-state index contributed by atoms with van der Waals surface area (Å²) >= 11 is 5.78. The number of aryl methyl sites for hydroxylation is 1. The molecule has 0 aliphatic carbocycles. The van der Waals surface area contributed by atoms with E-state index >= 15 is 0 Å². The second-order valence-electron chi connectivity index (χ2n) is 2.50. The molecule has 2 rings (SSSR count). The molecule has 2 aromatic heterocycles. The Hall–Kier alpha value is -1.29. The van der Waals surface area contributed by atoms with Gasteiger partial charge in [0.25, 0.3) is 0 Å². The van der Waals surface area contributed by atoms with E-state index < -0.39 is 0 Å². The summed E-state index contributed by atoms with van der Waals surface area (Å²) in [5.41, 5.74) is 1.47. The molecule has 0 unspecified atom stereocenters. The number of halogens is 1. The van der Waals surface area contributed by atoms with E-state index in [4.69, 9.17) is 16.7 Å². The molecule has 0 spiro atoms. The maximum absolute atomic E-state index is 9.12. The van der Waals surface area contributed by atoms with Crippen molar-refractivity contribution in [2.75, 3.05) is 0 Å². The van der Waals surface area contributed by atoms with Crippen molar-refractivity contribution in [2.45, 2.75) is 6.92 Å². The third-order valence-electron chi connectivity index (χ3n) is 1.59. The van der Waals surface area contributed by atoms with E-state index in [1.54, 1.807) is 6.20 Å². The number of aromatic hydroxyl groups is 1. The van der Waals surface area contributed by atoms with E-state index in [1.165, 1.54) is 10.6 Å². The van der Waals surface area contributed by atoms with Crippen LogP contribution in [0.5, 0.6) is 5.88 Å². The normalized spacial score (nSPS) is 10.8. The van der Waals surface area contributed by atoms with Gasteiger partial charge < -0.3 is 5.11 Å². The first-order chi connectivity index (χ1) is 5.68. The minimum atomic E-state index is -0.0869.